The molecule has 0 bridgehead atoms. The fourth-order valence-corrected chi connectivity index (χ4v) is 3.97. The van der Waals surface area contributed by atoms with Gasteiger partial charge in [0.15, 0.2) is 0 Å². The molecule has 4 rings (SSSR count). The van der Waals surface area contributed by atoms with Crippen molar-refractivity contribution in [3.8, 4) is 0 Å². The molecule has 1 fully saturated rings. The van der Waals surface area contributed by atoms with Crippen LogP contribution in [0.5, 0.6) is 0 Å². The molecule has 0 spiro atoms. The van der Waals surface area contributed by atoms with E-state index in [0.717, 1.165) is 23.1 Å². The normalized spacial score (nSPS) is 18.2. The second-order valence-electron chi connectivity index (χ2n) is 7.44. The molecule has 1 saturated carbocycles. The van der Waals surface area contributed by atoms with Crippen LogP contribution in [-0.2, 0) is 19.9 Å². The van der Waals surface area contributed by atoms with Gasteiger partial charge in [-0.3, -0.25) is 4.79 Å². The van der Waals surface area contributed by atoms with Crippen molar-refractivity contribution >= 4 is 5.97 Å². The highest BCUT2D eigenvalue weighted by Crippen LogP contribution is 2.45. The third-order valence-corrected chi connectivity index (χ3v) is 5.57. The Hall–Kier alpha value is -2.91. The van der Waals surface area contributed by atoms with Gasteiger partial charge < -0.3 is 9.47 Å². The first kappa shape index (κ1) is 19.4. The van der Waals surface area contributed by atoms with E-state index in [0.29, 0.717) is 13.2 Å². The fraction of sp³-hybridized carbons (Fsp3) is 0.269. The molecule has 0 amide bonds. The highest BCUT2D eigenvalue weighted by atomic mass is 16.5. The molecule has 3 heteroatoms. The summed E-state index contributed by atoms with van der Waals surface area (Å²) in [6.07, 6.45) is 0.827. The van der Waals surface area contributed by atoms with Gasteiger partial charge >= 0.3 is 5.97 Å². The molecule has 2 unspecified atom stereocenters. The van der Waals surface area contributed by atoms with Crippen molar-refractivity contribution in [2.45, 2.75) is 18.9 Å². The Bertz CT molecular complexity index is 825. The SMILES string of the molecule is CCOC(=O)C1CC1COC(c1ccccc1)(c1ccccc1)c1ccccc1. The molecule has 2 atom stereocenters. The molecule has 0 N–H and O–H groups in total. The van der Waals surface area contributed by atoms with Gasteiger partial charge in [-0.2, -0.15) is 0 Å². The Labute approximate surface area is 172 Å². The first-order valence-corrected chi connectivity index (χ1v) is 10.2. The van der Waals surface area contributed by atoms with E-state index in [-0.39, 0.29) is 17.8 Å². The Morgan fingerprint density at radius 3 is 1.69 bits per heavy atom. The van der Waals surface area contributed by atoms with E-state index in [1.807, 2.05) is 61.5 Å². The Balaban J connectivity index is 1.72. The van der Waals surface area contributed by atoms with Crippen molar-refractivity contribution in [3.05, 3.63) is 108 Å². The highest BCUT2D eigenvalue weighted by molar-refractivity contribution is 5.75. The summed E-state index contributed by atoms with van der Waals surface area (Å²) in [6, 6.07) is 30.9. The second kappa shape index (κ2) is 8.62. The number of hydrogen-bond acceptors (Lipinski definition) is 3. The summed E-state index contributed by atoms with van der Waals surface area (Å²) < 4.78 is 12.0. The number of carbonyl (C=O) groups is 1. The predicted molar refractivity (Wildman–Crippen MR) is 113 cm³/mol. The lowest BCUT2D eigenvalue weighted by atomic mass is 9.80. The zero-order valence-electron chi connectivity index (χ0n) is 16.7. The summed E-state index contributed by atoms with van der Waals surface area (Å²) in [4.78, 5) is 12.1. The van der Waals surface area contributed by atoms with Crippen molar-refractivity contribution in [1.29, 1.82) is 0 Å². The van der Waals surface area contributed by atoms with Crippen LogP contribution in [0.15, 0.2) is 91.0 Å². The number of benzene rings is 3. The summed E-state index contributed by atoms with van der Waals surface area (Å²) in [5.74, 6) is 0.0466. The van der Waals surface area contributed by atoms with Gasteiger partial charge in [0, 0.05) is 0 Å². The van der Waals surface area contributed by atoms with Crippen LogP contribution in [-0.4, -0.2) is 19.2 Å². The Morgan fingerprint density at radius 1 is 0.828 bits per heavy atom. The van der Waals surface area contributed by atoms with E-state index in [4.69, 9.17) is 9.47 Å². The van der Waals surface area contributed by atoms with E-state index < -0.39 is 5.60 Å². The monoisotopic (exact) mass is 386 g/mol. The Kier molecular flexibility index (Phi) is 5.77. The van der Waals surface area contributed by atoms with Gasteiger partial charge in [-0.1, -0.05) is 91.0 Å². The molecule has 1 aliphatic carbocycles. The van der Waals surface area contributed by atoms with Crippen molar-refractivity contribution in [3.63, 3.8) is 0 Å². The van der Waals surface area contributed by atoms with E-state index in [2.05, 4.69) is 36.4 Å². The fourth-order valence-electron chi connectivity index (χ4n) is 3.97. The van der Waals surface area contributed by atoms with Gasteiger partial charge in [-0.25, -0.2) is 0 Å². The first-order chi connectivity index (χ1) is 14.3. The maximum absolute atomic E-state index is 12.1. The molecule has 148 valence electrons. The lowest BCUT2D eigenvalue weighted by Gasteiger charge is -2.36. The van der Waals surface area contributed by atoms with E-state index in [1.165, 1.54) is 0 Å². The average molecular weight is 386 g/mol. The number of esters is 1. The molecule has 0 aromatic heterocycles. The van der Waals surface area contributed by atoms with Crippen LogP contribution in [0.25, 0.3) is 0 Å². The molecular formula is C26H26O3. The summed E-state index contributed by atoms with van der Waals surface area (Å²) in [7, 11) is 0. The van der Waals surface area contributed by atoms with Gasteiger partial charge in [-0.05, 0) is 36.0 Å². The maximum atomic E-state index is 12.1. The van der Waals surface area contributed by atoms with Crippen LogP contribution in [0.1, 0.15) is 30.0 Å². The van der Waals surface area contributed by atoms with Gasteiger partial charge in [0.1, 0.15) is 5.60 Å². The zero-order chi connectivity index (χ0) is 20.1. The zero-order valence-corrected chi connectivity index (χ0v) is 16.7. The molecule has 29 heavy (non-hydrogen) atoms. The number of hydrogen-bond donors (Lipinski definition) is 0. The van der Waals surface area contributed by atoms with E-state index in [9.17, 15) is 4.79 Å². The molecule has 3 aromatic carbocycles. The van der Waals surface area contributed by atoms with Crippen LogP contribution < -0.4 is 0 Å². The number of ether oxygens (including phenoxy) is 2. The van der Waals surface area contributed by atoms with Crippen molar-refractivity contribution < 1.29 is 14.3 Å². The van der Waals surface area contributed by atoms with Crippen molar-refractivity contribution in [2.75, 3.05) is 13.2 Å². The average Bonchev–Trinajstić information content (AvgIpc) is 3.57. The minimum absolute atomic E-state index is 0.0463. The van der Waals surface area contributed by atoms with Gasteiger partial charge in [0.2, 0.25) is 0 Å². The van der Waals surface area contributed by atoms with Crippen LogP contribution in [0, 0.1) is 11.8 Å². The number of rotatable bonds is 8. The minimum Gasteiger partial charge on any atom is -0.466 e. The second-order valence-corrected chi connectivity index (χ2v) is 7.44. The summed E-state index contributed by atoms with van der Waals surface area (Å²) in [6.45, 7) is 2.77. The molecule has 3 aromatic rings. The molecule has 0 radical (unpaired) electrons. The molecule has 0 saturated heterocycles. The lowest BCUT2D eigenvalue weighted by Crippen LogP contribution is -2.34. The third-order valence-electron chi connectivity index (χ3n) is 5.57. The number of carbonyl (C=O) groups excluding carboxylic acids is 1. The molecule has 0 heterocycles. The first-order valence-electron chi connectivity index (χ1n) is 10.2. The van der Waals surface area contributed by atoms with Crippen LogP contribution in [0.2, 0.25) is 0 Å². The standard InChI is InChI=1S/C26H26O3/c1-2-28-25(27)24-18-20(24)19-29-26(21-12-6-3-7-13-21,22-14-8-4-9-15-22)23-16-10-5-11-17-23/h3-17,20,24H,2,18-19H2,1H3. The van der Waals surface area contributed by atoms with Crippen LogP contribution in [0.4, 0.5) is 0 Å². The van der Waals surface area contributed by atoms with E-state index in [1.54, 1.807) is 0 Å². The lowest BCUT2D eigenvalue weighted by molar-refractivity contribution is -0.145. The van der Waals surface area contributed by atoms with E-state index >= 15 is 0 Å². The third kappa shape index (κ3) is 3.96. The highest BCUT2D eigenvalue weighted by Gasteiger charge is 2.47. The van der Waals surface area contributed by atoms with Crippen molar-refractivity contribution in [1.82, 2.24) is 0 Å². The van der Waals surface area contributed by atoms with Crippen LogP contribution in [0.3, 0.4) is 0 Å². The molecule has 1 aliphatic rings. The smallest absolute Gasteiger partial charge is 0.309 e. The summed E-state index contributed by atoms with van der Waals surface area (Å²) in [5.41, 5.74) is 2.49. The minimum atomic E-state index is -0.731. The Morgan fingerprint density at radius 2 is 1.28 bits per heavy atom. The largest absolute Gasteiger partial charge is 0.466 e. The summed E-state index contributed by atoms with van der Waals surface area (Å²) in [5, 5.41) is 0. The van der Waals surface area contributed by atoms with Crippen LogP contribution >= 0.6 is 0 Å². The summed E-state index contributed by atoms with van der Waals surface area (Å²) >= 11 is 0. The van der Waals surface area contributed by atoms with Crippen molar-refractivity contribution in [2.24, 2.45) is 11.8 Å². The topological polar surface area (TPSA) is 35.5 Å². The van der Waals surface area contributed by atoms with Gasteiger partial charge in [-0.15, -0.1) is 0 Å². The molecule has 3 nitrogen and oxygen atoms in total. The quantitative estimate of drug-likeness (QED) is 0.395. The molecule has 0 aliphatic heterocycles. The van der Waals surface area contributed by atoms with Gasteiger partial charge in [0.25, 0.3) is 0 Å². The molecular weight excluding hydrogens is 360 g/mol. The van der Waals surface area contributed by atoms with Gasteiger partial charge in [0.05, 0.1) is 19.1 Å². The maximum Gasteiger partial charge on any atom is 0.309 e. The predicted octanol–water partition coefficient (Wildman–Crippen LogP) is 5.19.